The molecule has 2 aromatic rings. The Kier molecular flexibility index (Phi) is 2.98. The van der Waals surface area contributed by atoms with Gasteiger partial charge in [0, 0.05) is 30.2 Å². The van der Waals surface area contributed by atoms with Crippen molar-refractivity contribution in [3.63, 3.8) is 0 Å². The second kappa shape index (κ2) is 4.20. The van der Waals surface area contributed by atoms with Crippen molar-refractivity contribution in [3.8, 4) is 5.75 Å². The van der Waals surface area contributed by atoms with Gasteiger partial charge in [-0.2, -0.15) is 0 Å². The molecule has 1 heterocycles. The molecule has 0 saturated heterocycles. The Bertz CT molecular complexity index is 587. The number of hydrogen-bond acceptors (Lipinski definition) is 2. The quantitative estimate of drug-likeness (QED) is 0.899. The third kappa shape index (κ3) is 2.15. The third-order valence-corrected chi connectivity index (χ3v) is 3.03. The number of hydrogen-bond donors (Lipinski definition) is 1. The number of alkyl halides is 3. The lowest BCUT2D eigenvalue weighted by atomic mass is 10.1. The molecule has 6 heteroatoms. The number of halogens is 3. The summed E-state index contributed by atoms with van der Waals surface area (Å²) < 4.78 is 42.3. The van der Waals surface area contributed by atoms with Gasteiger partial charge in [0.25, 0.3) is 0 Å². The van der Waals surface area contributed by atoms with Crippen LogP contribution in [0.15, 0.2) is 18.2 Å². The molecule has 2 N–H and O–H groups in total. The first-order valence-corrected chi connectivity index (χ1v) is 5.37. The van der Waals surface area contributed by atoms with E-state index in [1.165, 1.54) is 12.1 Å². The second-order valence-electron chi connectivity index (χ2n) is 4.05. The number of benzene rings is 1. The molecule has 3 nitrogen and oxygen atoms in total. The van der Waals surface area contributed by atoms with Gasteiger partial charge in [0.2, 0.25) is 0 Å². The van der Waals surface area contributed by atoms with Crippen LogP contribution < -0.4 is 10.5 Å². The highest BCUT2D eigenvalue weighted by Gasteiger charge is 2.31. The highest BCUT2D eigenvalue weighted by molar-refractivity contribution is 5.86. The van der Waals surface area contributed by atoms with Gasteiger partial charge in [-0.1, -0.05) is 0 Å². The molecule has 2 rings (SSSR count). The Morgan fingerprint density at radius 1 is 1.33 bits per heavy atom. The average Bonchev–Trinajstić information content (AvgIpc) is 2.49. The van der Waals surface area contributed by atoms with Crippen molar-refractivity contribution >= 4 is 10.9 Å². The molecule has 0 aliphatic heterocycles. The van der Waals surface area contributed by atoms with Gasteiger partial charge in [0.15, 0.2) is 0 Å². The van der Waals surface area contributed by atoms with E-state index in [9.17, 15) is 13.2 Å². The van der Waals surface area contributed by atoms with Crippen molar-refractivity contribution in [2.45, 2.75) is 19.8 Å². The smallest absolute Gasteiger partial charge is 0.406 e. The molecule has 0 atom stereocenters. The molecule has 0 bridgehead atoms. The molecule has 0 aliphatic rings. The molecular weight excluding hydrogens is 245 g/mol. The van der Waals surface area contributed by atoms with Crippen molar-refractivity contribution in [2.75, 3.05) is 0 Å². The number of nitrogens with two attached hydrogens (primary N) is 1. The van der Waals surface area contributed by atoms with E-state index < -0.39 is 6.36 Å². The average molecular weight is 258 g/mol. The van der Waals surface area contributed by atoms with Crippen molar-refractivity contribution < 1.29 is 17.9 Å². The van der Waals surface area contributed by atoms with Crippen LogP contribution in [0.5, 0.6) is 5.75 Å². The maximum Gasteiger partial charge on any atom is 0.573 e. The Morgan fingerprint density at radius 2 is 2.00 bits per heavy atom. The number of nitrogens with zero attached hydrogens (tertiary/aromatic N) is 1. The van der Waals surface area contributed by atoms with Gasteiger partial charge >= 0.3 is 6.36 Å². The van der Waals surface area contributed by atoms with Crippen molar-refractivity contribution in [3.05, 3.63) is 29.5 Å². The topological polar surface area (TPSA) is 40.2 Å². The zero-order valence-electron chi connectivity index (χ0n) is 10.0. The van der Waals surface area contributed by atoms with E-state index in [2.05, 4.69) is 4.74 Å². The lowest BCUT2D eigenvalue weighted by Crippen LogP contribution is -2.17. The van der Waals surface area contributed by atoms with Crippen LogP contribution in [0.25, 0.3) is 10.9 Å². The first-order chi connectivity index (χ1) is 8.33. The van der Waals surface area contributed by atoms with Crippen LogP contribution in [0.4, 0.5) is 13.2 Å². The van der Waals surface area contributed by atoms with Crippen molar-refractivity contribution in [2.24, 2.45) is 12.8 Å². The highest BCUT2D eigenvalue weighted by atomic mass is 19.4. The van der Waals surface area contributed by atoms with Crippen LogP contribution in [0.3, 0.4) is 0 Å². The number of ether oxygens (including phenoxy) is 1. The number of fused-ring (bicyclic) bond motifs is 1. The maximum absolute atomic E-state index is 12.2. The zero-order chi connectivity index (χ0) is 13.5. The van der Waals surface area contributed by atoms with Crippen LogP contribution >= 0.6 is 0 Å². The van der Waals surface area contributed by atoms with Crippen LogP contribution in [0, 0.1) is 6.92 Å². The van der Waals surface area contributed by atoms with Gasteiger partial charge in [-0.3, -0.25) is 0 Å². The monoisotopic (exact) mass is 258 g/mol. The van der Waals surface area contributed by atoms with Crippen molar-refractivity contribution in [1.29, 1.82) is 0 Å². The minimum atomic E-state index is -4.68. The summed E-state index contributed by atoms with van der Waals surface area (Å²) in [6, 6.07) is 4.27. The molecule has 98 valence electrons. The number of rotatable bonds is 2. The minimum absolute atomic E-state index is 0.227. The Hall–Kier alpha value is -1.69. The predicted octanol–water partition coefficient (Wildman–Crippen LogP) is 2.84. The molecule has 1 aromatic heterocycles. The standard InChI is InChI=1S/C12H13F3N2O/c1-7-10(6-16)9-5-8(18-12(13,14)15)3-4-11(9)17(7)2/h3-5H,6,16H2,1-2H3. The Balaban J connectivity index is 2.57. The van der Waals surface area contributed by atoms with Gasteiger partial charge in [0.1, 0.15) is 5.75 Å². The molecule has 0 saturated carbocycles. The van der Waals surface area contributed by atoms with Gasteiger partial charge < -0.3 is 15.0 Å². The van der Waals surface area contributed by atoms with E-state index >= 15 is 0 Å². The summed E-state index contributed by atoms with van der Waals surface area (Å²) in [5.74, 6) is -0.227. The molecule has 0 radical (unpaired) electrons. The third-order valence-electron chi connectivity index (χ3n) is 3.03. The lowest BCUT2D eigenvalue weighted by Gasteiger charge is -2.09. The summed E-state index contributed by atoms with van der Waals surface area (Å²) >= 11 is 0. The maximum atomic E-state index is 12.2. The van der Waals surface area contributed by atoms with E-state index in [0.29, 0.717) is 5.39 Å². The van der Waals surface area contributed by atoms with Gasteiger partial charge in [-0.15, -0.1) is 13.2 Å². The fourth-order valence-electron chi connectivity index (χ4n) is 2.08. The van der Waals surface area contributed by atoms with Crippen LogP contribution in [0.1, 0.15) is 11.3 Å². The molecule has 0 aliphatic carbocycles. The highest BCUT2D eigenvalue weighted by Crippen LogP contribution is 2.30. The number of aryl methyl sites for hydroxylation is 1. The Morgan fingerprint density at radius 3 is 2.56 bits per heavy atom. The van der Waals surface area contributed by atoms with E-state index in [1.54, 1.807) is 6.07 Å². The lowest BCUT2D eigenvalue weighted by molar-refractivity contribution is -0.274. The summed E-state index contributed by atoms with van der Waals surface area (Å²) in [5.41, 5.74) is 8.24. The van der Waals surface area contributed by atoms with Crippen LogP contribution in [-0.2, 0) is 13.6 Å². The summed E-state index contributed by atoms with van der Waals surface area (Å²) in [5, 5.41) is 0.694. The Labute approximate surface area is 102 Å². The van der Waals surface area contributed by atoms with Gasteiger partial charge in [-0.05, 0) is 30.7 Å². The van der Waals surface area contributed by atoms with Gasteiger partial charge in [-0.25, -0.2) is 0 Å². The molecule has 0 amide bonds. The van der Waals surface area contributed by atoms with Crippen LogP contribution in [-0.4, -0.2) is 10.9 Å². The summed E-state index contributed by atoms with van der Waals surface area (Å²) in [4.78, 5) is 0. The predicted molar refractivity (Wildman–Crippen MR) is 62.2 cm³/mol. The van der Waals surface area contributed by atoms with Gasteiger partial charge in [0.05, 0.1) is 0 Å². The van der Waals surface area contributed by atoms with E-state index in [-0.39, 0.29) is 12.3 Å². The molecule has 0 unspecified atom stereocenters. The molecular formula is C12H13F3N2O. The van der Waals surface area contributed by atoms with Crippen LogP contribution in [0.2, 0.25) is 0 Å². The molecule has 18 heavy (non-hydrogen) atoms. The normalized spacial score (nSPS) is 12.1. The second-order valence-corrected chi connectivity index (χ2v) is 4.05. The minimum Gasteiger partial charge on any atom is -0.406 e. The first kappa shape index (κ1) is 12.8. The first-order valence-electron chi connectivity index (χ1n) is 5.37. The summed E-state index contributed by atoms with van der Waals surface area (Å²) in [6.45, 7) is 2.16. The van der Waals surface area contributed by atoms with E-state index in [4.69, 9.17) is 5.73 Å². The zero-order valence-corrected chi connectivity index (χ0v) is 10.0. The largest absolute Gasteiger partial charge is 0.573 e. The van der Waals surface area contributed by atoms with Crippen molar-refractivity contribution in [1.82, 2.24) is 4.57 Å². The molecule has 0 fully saturated rings. The fraction of sp³-hybridized carbons (Fsp3) is 0.333. The van der Waals surface area contributed by atoms with E-state index in [1.807, 2.05) is 18.5 Å². The summed E-state index contributed by atoms with van der Waals surface area (Å²) in [6.07, 6.45) is -4.68. The fourth-order valence-corrected chi connectivity index (χ4v) is 2.08. The van der Waals surface area contributed by atoms with E-state index in [0.717, 1.165) is 16.8 Å². The molecule has 0 spiro atoms. The molecule has 1 aromatic carbocycles. The summed E-state index contributed by atoms with van der Waals surface area (Å²) in [7, 11) is 1.85. The number of aromatic nitrogens is 1. The SMILES string of the molecule is Cc1c(CN)c2cc(OC(F)(F)F)ccc2n1C.